The highest BCUT2D eigenvalue weighted by Crippen LogP contribution is 2.63. The Morgan fingerprint density at radius 3 is 2.61 bits per heavy atom. The number of nitrogens with zero attached hydrogens (tertiary/aromatic N) is 2. The molecule has 1 heterocycles. The van der Waals surface area contributed by atoms with Gasteiger partial charge >= 0.3 is 0 Å². The maximum Gasteiger partial charge on any atom is 0.236 e. The third kappa shape index (κ3) is 1.56. The lowest BCUT2D eigenvalue weighted by atomic mass is 9.70. The minimum Gasteiger partial charge on any atom is -0.303 e. The second-order valence-electron chi connectivity index (χ2n) is 6.28. The fourth-order valence-corrected chi connectivity index (χ4v) is 4.19. The van der Waals surface area contributed by atoms with E-state index in [1.807, 2.05) is 0 Å². The van der Waals surface area contributed by atoms with Crippen LogP contribution in [0, 0.1) is 16.7 Å². The summed E-state index contributed by atoms with van der Waals surface area (Å²) in [5.74, 6) is 1.24. The zero-order chi connectivity index (χ0) is 13.0. The number of carbonyl (C=O) groups is 1. The van der Waals surface area contributed by atoms with Crippen LogP contribution >= 0.6 is 11.8 Å². The van der Waals surface area contributed by atoms with E-state index in [2.05, 4.69) is 36.3 Å². The molecule has 3 aliphatic rings. The van der Waals surface area contributed by atoms with E-state index >= 15 is 0 Å². The fourth-order valence-electron chi connectivity index (χ4n) is 3.56. The van der Waals surface area contributed by atoms with Crippen LogP contribution in [0.15, 0.2) is 10.2 Å². The van der Waals surface area contributed by atoms with E-state index in [0.29, 0.717) is 16.3 Å². The first-order valence-electron chi connectivity index (χ1n) is 6.51. The van der Waals surface area contributed by atoms with Gasteiger partial charge in [-0.3, -0.25) is 4.79 Å². The van der Waals surface area contributed by atoms with Crippen molar-refractivity contribution in [3.63, 3.8) is 0 Å². The summed E-state index contributed by atoms with van der Waals surface area (Å²) >= 11 is 1.43. The number of carbonyl (C=O) groups excluding carboxylic acids is 1. The molecule has 0 aromatic carbocycles. The molecule has 3 rings (SSSR count). The van der Waals surface area contributed by atoms with Crippen molar-refractivity contribution in [2.24, 2.45) is 27.0 Å². The van der Waals surface area contributed by atoms with Crippen LogP contribution in [0.5, 0.6) is 0 Å². The summed E-state index contributed by atoms with van der Waals surface area (Å²) in [6.07, 6.45) is 3.59. The average Bonchev–Trinajstić information content (AvgIpc) is 2.87. The summed E-state index contributed by atoms with van der Waals surface area (Å²) in [6.45, 7) is 7.03. The quantitative estimate of drug-likeness (QED) is 0.740. The molecule has 98 valence electrons. The number of thioether (sulfide) groups is 1. The molecule has 0 radical (unpaired) electrons. The molecular formula is C13H19N3OS. The molecule has 1 amide bonds. The highest BCUT2D eigenvalue weighted by molar-refractivity contribution is 8.15. The second kappa shape index (κ2) is 3.83. The molecule has 2 atom stereocenters. The highest BCUT2D eigenvalue weighted by atomic mass is 32.2. The molecule has 3 fully saturated rings. The van der Waals surface area contributed by atoms with Gasteiger partial charge in [-0.25, -0.2) is 0 Å². The molecule has 1 N–H and O–H groups in total. The monoisotopic (exact) mass is 265 g/mol. The molecule has 0 spiro atoms. The molecule has 2 bridgehead atoms. The van der Waals surface area contributed by atoms with Crippen LogP contribution in [0.4, 0.5) is 0 Å². The van der Waals surface area contributed by atoms with Gasteiger partial charge in [0.15, 0.2) is 5.17 Å². The smallest absolute Gasteiger partial charge is 0.236 e. The van der Waals surface area contributed by atoms with Crippen LogP contribution in [0.1, 0.15) is 40.0 Å². The van der Waals surface area contributed by atoms with Crippen molar-refractivity contribution in [3.05, 3.63) is 0 Å². The number of rotatable bonds is 1. The zero-order valence-electron chi connectivity index (χ0n) is 11.1. The molecule has 1 aliphatic heterocycles. The van der Waals surface area contributed by atoms with E-state index in [4.69, 9.17) is 0 Å². The van der Waals surface area contributed by atoms with Gasteiger partial charge in [-0.1, -0.05) is 32.5 Å². The molecular weight excluding hydrogens is 246 g/mol. The van der Waals surface area contributed by atoms with Crippen LogP contribution in [0.2, 0.25) is 0 Å². The largest absolute Gasteiger partial charge is 0.303 e. The van der Waals surface area contributed by atoms with Gasteiger partial charge in [0.2, 0.25) is 5.91 Å². The molecule has 2 aliphatic carbocycles. The summed E-state index contributed by atoms with van der Waals surface area (Å²) in [6, 6.07) is 0. The van der Waals surface area contributed by atoms with Crippen LogP contribution in [-0.2, 0) is 4.79 Å². The first-order valence-corrected chi connectivity index (χ1v) is 7.50. The van der Waals surface area contributed by atoms with Gasteiger partial charge in [-0.05, 0) is 30.6 Å². The predicted octanol–water partition coefficient (Wildman–Crippen LogP) is 2.41. The summed E-state index contributed by atoms with van der Waals surface area (Å²) < 4.78 is 0. The summed E-state index contributed by atoms with van der Waals surface area (Å²) in [4.78, 5) is 11.1. The first-order chi connectivity index (χ1) is 8.43. The van der Waals surface area contributed by atoms with Crippen LogP contribution in [0.25, 0.3) is 0 Å². The Balaban J connectivity index is 1.85. The number of hydrogen-bond donors (Lipinski definition) is 1. The fraction of sp³-hybridized carbons (Fsp3) is 0.769. The summed E-state index contributed by atoms with van der Waals surface area (Å²) in [5.41, 5.74) is 1.74. The van der Waals surface area contributed by atoms with Gasteiger partial charge < -0.3 is 5.32 Å². The van der Waals surface area contributed by atoms with E-state index in [-0.39, 0.29) is 11.3 Å². The van der Waals surface area contributed by atoms with Crippen molar-refractivity contribution >= 4 is 28.5 Å². The van der Waals surface area contributed by atoms with Gasteiger partial charge in [-0.15, -0.1) is 5.10 Å². The van der Waals surface area contributed by atoms with Crippen molar-refractivity contribution < 1.29 is 4.79 Å². The second-order valence-corrected chi connectivity index (χ2v) is 7.25. The lowest BCUT2D eigenvalue weighted by Crippen LogP contribution is -2.32. The van der Waals surface area contributed by atoms with E-state index in [1.165, 1.54) is 30.3 Å². The van der Waals surface area contributed by atoms with Gasteiger partial charge in [-0.2, -0.15) is 5.10 Å². The number of hydrogen-bond acceptors (Lipinski definition) is 4. The Hall–Kier alpha value is -0.840. The molecule has 0 aromatic rings. The number of fused-ring (bicyclic) bond motifs is 2. The van der Waals surface area contributed by atoms with Crippen molar-refractivity contribution in [2.75, 3.05) is 5.75 Å². The van der Waals surface area contributed by atoms with Crippen LogP contribution in [0.3, 0.4) is 0 Å². The Kier molecular flexibility index (Phi) is 2.59. The summed E-state index contributed by atoms with van der Waals surface area (Å²) in [5, 5.41) is 12.1. The van der Waals surface area contributed by atoms with Crippen molar-refractivity contribution in [1.29, 1.82) is 0 Å². The van der Waals surface area contributed by atoms with Crippen molar-refractivity contribution in [2.45, 2.75) is 40.0 Å². The molecule has 4 nitrogen and oxygen atoms in total. The number of amides is 1. The van der Waals surface area contributed by atoms with E-state index in [1.54, 1.807) is 0 Å². The maximum atomic E-state index is 11.1. The third-order valence-corrected chi connectivity index (χ3v) is 6.22. The molecule has 0 aromatic heterocycles. The third-order valence-electron chi connectivity index (χ3n) is 5.36. The van der Waals surface area contributed by atoms with Crippen molar-refractivity contribution in [3.8, 4) is 0 Å². The lowest BCUT2D eigenvalue weighted by molar-refractivity contribution is -0.116. The zero-order valence-corrected chi connectivity index (χ0v) is 11.9. The molecule has 18 heavy (non-hydrogen) atoms. The van der Waals surface area contributed by atoms with Gasteiger partial charge in [0.1, 0.15) is 0 Å². The lowest BCUT2D eigenvalue weighted by Gasteiger charge is -2.34. The van der Waals surface area contributed by atoms with Crippen LogP contribution < -0.4 is 5.32 Å². The average molecular weight is 265 g/mol. The topological polar surface area (TPSA) is 53.8 Å². The number of nitrogens with one attached hydrogen (secondary N) is 1. The minimum absolute atomic E-state index is 0.0263. The van der Waals surface area contributed by atoms with Gasteiger partial charge in [0.25, 0.3) is 0 Å². The van der Waals surface area contributed by atoms with Gasteiger partial charge in [0.05, 0.1) is 5.75 Å². The minimum atomic E-state index is 0.0263. The Morgan fingerprint density at radius 2 is 2.11 bits per heavy atom. The van der Waals surface area contributed by atoms with Gasteiger partial charge in [0, 0.05) is 11.1 Å². The van der Waals surface area contributed by atoms with E-state index < -0.39 is 0 Å². The Morgan fingerprint density at radius 1 is 1.33 bits per heavy atom. The van der Waals surface area contributed by atoms with E-state index in [9.17, 15) is 4.79 Å². The van der Waals surface area contributed by atoms with Crippen molar-refractivity contribution in [1.82, 2.24) is 5.32 Å². The molecule has 1 saturated heterocycles. The number of amidine groups is 1. The normalized spacial score (nSPS) is 41.9. The Labute approximate surface area is 112 Å². The molecule has 2 saturated carbocycles. The summed E-state index contributed by atoms with van der Waals surface area (Å²) in [7, 11) is 0. The predicted molar refractivity (Wildman–Crippen MR) is 74.7 cm³/mol. The SMILES string of the molecule is CC1(C)[C@H]2CC[C@@]1(C)/C(=N\N=C1\NC(=O)CS1)C2. The first kappa shape index (κ1) is 12.2. The standard InChI is InChI=1S/C13H19N3OS/c1-12(2)8-4-5-13(12,3)9(6-8)15-16-11-14-10(17)7-18-11/h8H,4-7H2,1-3H3,(H,14,16,17)/b15-9-/t8-,13-/m0/s1. The maximum absolute atomic E-state index is 11.1. The van der Waals surface area contributed by atoms with E-state index in [0.717, 1.165) is 12.3 Å². The Bertz CT molecular complexity index is 469. The highest BCUT2D eigenvalue weighted by Gasteiger charge is 2.60. The molecule has 0 unspecified atom stereocenters. The van der Waals surface area contributed by atoms with Crippen LogP contribution in [-0.4, -0.2) is 22.5 Å². The molecule has 5 heteroatoms.